The Bertz CT molecular complexity index is 477. The van der Waals surface area contributed by atoms with Gasteiger partial charge in [-0.15, -0.1) is 0 Å². The van der Waals surface area contributed by atoms with E-state index in [9.17, 15) is 4.79 Å². The molecule has 7 nitrogen and oxygen atoms in total. The molecule has 1 aromatic rings. The SMILES string of the molecule is CCC(CC)(C(=O)NCCn1cc(C)cn1)/C(N)=N/O. The fraction of sp³-hybridized carbons (Fsp3) is 0.615. The van der Waals surface area contributed by atoms with Gasteiger partial charge >= 0.3 is 0 Å². The molecule has 1 heterocycles. The second-order valence-electron chi connectivity index (χ2n) is 4.81. The van der Waals surface area contributed by atoms with Gasteiger partial charge in [-0.1, -0.05) is 19.0 Å². The molecular weight excluding hydrogens is 258 g/mol. The molecule has 0 bridgehead atoms. The van der Waals surface area contributed by atoms with E-state index in [0.717, 1.165) is 5.56 Å². The van der Waals surface area contributed by atoms with E-state index in [0.29, 0.717) is 25.9 Å². The third-order valence-electron chi connectivity index (χ3n) is 3.63. The van der Waals surface area contributed by atoms with Gasteiger partial charge in [-0.05, 0) is 25.3 Å². The number of nitrogens with one attached hydrogen (secondary N) is 1. The Hall–Kier alpha value is -2.05. The number of hydrogen-bond donors (Lipinski definition) is 3. The van der Waals surface area contributed by atoms with E-state index >= 15 is 0 Å². The molecule has 0 atom stereocenters. The Morgan fingerprint density at radius 3 is 2.65 bits per heavy atom. The van der Waals surface area contributed by atoms with Crippen molar-refractivity contribution in [2.75, 3.05) is 6.54 Å². The molecule has 0 aliphatic carbocycles. The Morgan fingerprint density at radius 1 is 1.55 bits per heavy atom. The first-order valence-corrected chi connectivity index (χ1v) is 6.75. The van der Waals surface area contributed by atoms with Crippen LogP contribution < -0.4 is 11.1 Å². The first kappa shape index (κ1) is 16.0. The Labute approximate surface area is 118 Å². The van der Waals surface area contributed by atoms with Crippen LogP contribution in [0.25, 0.3) is 0 Å². The van der Waals surface area contributed by atoms with Crippen molar-refractivity contribution in [2.24, 2.45) is 16.3 Å². The number of oxime groups is 1. The second kappa shape index (κ2) is 6.93. The average molecular weight is 281 g/mol. The average Bonchev–Trinajstić information content (AvgIpc) is 2.86. The minimum absolute atomic E-state index is 0.0464. The third kappa shape index (κ3) is 3.28. The molecule has 0 aliphatic rings. The quantitative estimate of drug-likeness (QED) is 0.298. The highest BCUT2D eigenvalue weighted by atomic mass is 16.4. The molecule has 0 unspecified atom stereocenters. The molecule has 0 spiro atoms. The Kier molecular flexibility index (Phi) is 5.54. The molecular formula is C13H23N5O2. The summed E-state index contributed by atoms with van der Waals surface area (Å²) in [6.45, 7) is 6.68. The molecule has 0 saturated heterocycles. The highest BCUT2D eigenvalue weighted by Gasteiger charge is 2.39. The van der Waals surface area contributed by atoms with E-state index in [4.69, 9.17) is 10.9 Å². The molecule has 0 radical (unpaired) electrons. The fourth-order valence-electron chi connectivity index (χ4n) is 2.19. The molecule has 112 valence electrons. The highest BCUT2D eigenvalue weighted by Crippen LogP contribution is 2.26. The number of carbonyl (C=O) groups excluding carboxylic acids is 1. The third-order valence-corrected chi connectivity index (χ3v) is 3.63. The number of aryl methyl sites for hydroxylation is 1. The Morgan fingerprint density at radius 2 is 2.20 bits per heavy atom. The summed E-state index contributed by atoms with van der Waals surface area (Å²) in [5, 5.41) is 18.8. The van der Waals surface area contributed by atoms with Crippen LogP contribution in [0.2, 0.25) is 0 Å². The fourth-order valence-corrected chi connectivity index (χ4v) is 2.19. The zero-order valence-corrected chi connectivity index (χ0v) is 12.3. The zero-order valence-electron chi connectivity index (χ0n) is 12.3. The molecule has 0 aliphatic heterocycles. The monoisotopic (exact) mass is 281 g/mol. The van der Waals surface area contributed by atoms with E-state index in [-0.39, 0.29) is 11.7 Å². The van der Waals surface area contributed by atoms with Gasteiger partial charge in [0.25, 0.3) is 0 Å². The van der Waals surface area contributed by atoms with Crippen LogP contribution in [0.5, 0.6) is 0 Å². The number of hydrogen-bond acceptors (Lipinski definition) is 4. The van der Waals surface area contributed by atoms with Crippen LogP contribution >= 0.6 is 0 Å². The first-order valence-electron chi connectivity index (χ1n) is 6.75. The van der Waals surface area contributed by atoms with Gasteiger partial charge in [0.1, 0.15) is 5.41 Å². The lowest BCUT2D eigenvalue weighted by Crippen LogP contribution is -2.49. The van der Waals surface area contributed by atoms with Crippen LogP contribution in [0.1, 0.15) is 32.3 Å². The second-order valence-corrected chi connectivity index (χ2v) is 4.81. The largest absolute Gasteiger partial charge is 0.409 e. The number of amides is 1. The predicted octanol–water partition coefficient (Wildman–Crippen LogP) is 0.861. The van der Waals surface area contributed by atoms with Gasteiger partial charge in [0.15, 0.2) is 5.84 Å². The molecule has 1 amide bonds. The number of nitrogens with zero attached hydrogens (tertiary/aromatic N) is 3. The van der Waals surface area contributed by atoms with E-state index in [1.165, 1.54) is 0 Å². The van der Waals surface area contributed by atoms with Crippen LogP contribution in [-0.4, -0.2) is 33.3 Å². The topological polar surface area (TPSA) is 106 Å². The van der Waals surface area contributed by atoms with Crippen molar-refractivity contribution in [3.63, 3.8) is 0 Å². The lowest BCUT2D eigenvalue weighted by Gasteiger charge is -2.28. The van der Waals surface area contributed by atoms with Crippen LogP contribution in [0.4, 0.5) is 0 Å². The van der Waals surface area contributed by atoms with Crippen molar-refractivity contribution in [3.8, 4) is 0 Å². The first-order chi connectivity index (χ1) is 9.50. The van der Waals surface area contributed by atoms with Crippen molar-refractivity contribution < 1.29 is 10.0 Å². The van der Waals surface area contributed by atoms with Gasteiger partial charge in [-0.3, -0.25) is 9.48 Å². The van der Waals surface area contributed by atoms with Crippen molar-refractivity contribution >= 4 is 11.7 Å². The molecule has 7 heteroatoms. The smallest absolute Gasteiger partial charge is 0.233 e. The van der Waals surface area contributed by atoms with Gasteiger partial charge in [0, 0.05) is 12.7 Å². The van der Waals surface area contributed by atoms with E-state index in [1.807, 2.05) is 27.0 Å². The van der Waals surface area contributed by atoms with Crippen molar-refractivity contribution in [2.45, 2.75) is 40.2 Å². The summed E-state index contributed by atoms with van der Waals surface area (Å²) in [6, 6.07) is 0. The summed E-state index contributed by atoms with van der Waals surface area (Å²) in [4.78, 5) is 12.3. The lowest BCUT2D eigenvalue weighted by molar-refractivity contribution is -0.128. The minimum atomic E-state index is -0.950. The van der Waals surface area contributed by atoms with Gasteiger partial charge in [-0.2, -0.15) is 5.10 Å². The summed E-state index contributed by atoms with van der Waals surface area (Å²) < 4.78 is 1.76. The molecule has 20 heavy (non-hydrogen) atoms. The maximum atomic E-state index is 12.3. The van der Waals surface area contributed by atoms with Gasteiger partial charge in [0.2, 0.25) is 5.91 Å². The normalized spacial score (nSPS) is 12.4. The van der Waals surface area contributed by atoms with Gasteiger partial charge < -0.3 is 16.3 Å². The molecule has 4 N–H and O–H groups in total. The number of carbonyl (C=O) groups is 1. The van der Waals surface area contributed by atoms with E-state index < -0.39 is 5.41 Å². The lowest BCUT2D eigenvalue weighted by atomic mass is 9.80. The molecule has 0 saturated carbocycles. The maximum absolute atomic E-state index is 12.3. The zero-order chi connectivity index (χ0) is 15.2. The minimum Gasteiger partial charge on any atom is -0.409 e. The predicted molar refractivity (Wildman–Crippen MR) is 76.4 cm³/mol. The van der Waals surface area contributed by atoms with Gasteiger partial charge in [0.05, 0.1) is 12.7 Å². The number of nitrogens with two attached hydrogens (primary N) is 1. The number of rotatable bonds is 7. The number of aromatic nitrogens is 2. The van der Waals surface area contributed by atoms with E-state index in [2.05, 4.69) is 15.6 Å². The standard InChI is InChI=1S/C13H23N5O2/c1-4-13(5-2,11(14)17-20)12(19)15-6-7-18-9-10(3)8-16-18/h8-9,20H,4-7H2,1-3H3,(H2,14,17)(H,15,19). The molecule has 1 aromatic heterocycles. The molecule has 1 rings (SSSR count). The maximum Gasteiger partial charge on any atom is 0.233 e. The summed E-state index contributed by atoms with van der Waals surface area (Å²) in [6.07, 6.45) is 4.63. The van der Waals surface area contributed by atoms with Crippen LogP contribution in [0.3, 0.4) is 0 Å². The summed E-state index contributed by atoms with van der Waals surface area (Å²) in [7, 11) is 0. The summed E-state index contributed by atoms with van der Waals surface area (Å²) >= 11 is 0. The van der Waals surface area contributed by atoms with Gasteiger partial charge in [-0.25, -0.2) is 0 Å². The highest BCUT2D eigenvalue weighted by molar-refractivity contribution is 6.06. The number of amidine groups is 1. The molecule has 0 aromatic carbocycles. The molecule has 0 fully saturated rings. The van der Waals surface area contributed by atoms with Crippen LogP contribution in [0.15, 0.2) is 17.5 Å². The van der Waals surface area contributed by atoms with Crippen molar-refractivity contribution in [3.05, 3.63) is 18.0 Å². The van der Waals surface area contributed by atoms with Crippen LogP contribution in [-0.2, 0) is 11.3 Å². The summed E-state index contributed by atoms with van der Waals surface area (Å²) in [5.74, 6) is -0.267. The van der Waals surface area contributed by atoms with Crippen molar-refractivity contribution in [1.29, 1.82) is 0 Å². The summed E-state index contributed by atoms with van der Waals surface area (Å²) in [5.41, 5.74) is 5.81. The van der Waals surface area contributed by atoms with Crippen LogP contribution in [0, 0.1) is 12.3 Å². The van der Waals surface area contributed by atoms with Crippen molar-refractivity contribution in [1.82, 2.24) is 15.1 Å². The Balaban J connectivity index is 2.63. The van der Waals surface area contributed by atoms with E-state index in [1.54, 1.807) is 10.9 Å².